The number of fused-ring (bicyclic) bond motifs is 1. The van der Waals surface area contributed by atoms with E-state index < -0.39 is 0 Å². The molecule has 3 heterocycles. The van der Waals surface area contributed by atoms with E-state index in [1.807, 2.05) is 25.2 Å². The third-order valence-corrected chi connectivity index (χ3v) is 5.46. The van der Waals surface area contributed by atoms with E-state index in [2.05, 4.69) is 25.7 Å². The Morgan fingerprint density at radius 3 is 3.04 bits per heavy atom. The molecule has 2 aromatic heterocycles. The predicted octanol–water partition coefficient (Wildman–Crippen LogP) is 2.88. The van der Waals surface area contributed by atoms with Crippen LogP contribution in [0, 0.1) is 0 Å². The molecule has 10 heteroatoms. The molecule has 2 amide bonds. The fourth-order valence-corrected chi connectivity index (χ4v) is 4.20. The highest BCUT2D eigenvalue weighted by Gasteiger charge is 2.24. The van der Waals surface area contributed by atoms with Crippen LogP contribution in [-0.4, -0.2) is 31.7 Å². The molecule has 0 saturated carbocycles. The van der Waals surface area contributed by atoms with Crippen LogP contribution in [0.4, 0.5) is 10.8 Å². The first kappa shape index (κ1) is 17.4. The molecule has 0 spiro atoms. The van der Waals surface area contributed by atoms with Gasteiger partial charge < -0.3 is 10.6 Å². The normalized spacial score (nSPS) is 17.0. The molecule has 0 aliphatic carbocycles. The summed E-state index contributed by atoms with van der Waals surface area (Å²) in [4.78, 5) is 33.2. The number of hydrogen-bond donors (Lipinski definition) is 2. The van der Waals surface area contributed by atoms with E-state index in [-0.39, 0.29) is 11.8 Å². The van der Waals surface area contributed by atoms with Crippen molar-refractivity contribution in [3.05, 3.63) is 40.4 Å². The second-order valence-electron chi connectivity index (χ2n) is 5.74. The van der Waals surface area contributed by atoms with Gasteiger partial charge in [0.25, 0.3) is 5.91 Å². The molecule has 1 aliphatic rings. The lowest BCUT2D eigenvalue weighted by Crippen LogP contribution is -2.19. The highest BCUT2D eigenvalue weighted by Crippen LogP contribution is 2.30. The van der Waals surface area contributed by atoms with Crippen molar-refractivity contribution in [3.63, 3.8) is 0 Å². The van der Waals surface area contributed by atoms with Crippen molar-refractivity contribution in [2.45, 2.75) is 6.92 Å². The van der Waals surface area contributed by atoms with Crippen molar-refractivity contribution in [3.8, 4) is 0 Å². The monoisotopic (exact) mass is 398 g/mol. The summed E-state index contributed by atoms with van der Waals surface area (Å²) in [6, 6.07) is 5.75. The van der Waals surface area contributed by atoms with Gasteiger partial charge in [-0.3, -0.25) is 14.3 Å². The number of carbonyl (C=O) groups is 2. The first-order chi connectivity index (χ1) is 13.0. The number of aromatic nitrogens is 3. The number of carbonyl (C=O) groups excluding carboxylic acids is 2. The van der Waals surface area contributed by atoms with Gasteiger partial charge in [-0.25, -0.2) is 9.98 Å². The zero-order valence-electron chi connectivity index (χ0n) is 14.4. The molecule has 0 radical (unpaired) electrons. The summed E-state index contributed by atoms with van der Waals surface area (Å²) in [5.41, 5.74) is 1.71. The van der Waals surface area contributed by atoms with E-state index >= 15 is 0 Å². The second-order valence-corrected chi connectivity index (χ2v) is 7.83. The average molecular weight is 398 g/mol. The van der Waals surface area contributed by atoms with Crippen LogP contribution in [0.2, 0.25) is 0 Å². The average Bonchev–Trinajstić information content (AvgIpc) is 3.29. The molecule has 1 saturated heterocycles. The summed E-state index contributed by atoms with van der Waals surface area (Å²) in [6.45, 7) is 1.42. The van der Waals surface area contributed by atoms with Gasteiger partial charge in [0, 0.05) is 25.6 Å². The Morgan fingerprint density at radius 1 is 1.37 bits per heavy atom. The molecule has 4 rings (SSSR count). The predicted molar refractivity (Wildman–Crippen MR) is 108 cm³/mol. The van der Waals surface area contributed by atoms with Gasteiger partial charge in [0.15, 0.2) is 10.3 Å². The van der Waals surface area contributed by atoms with E-state index in [4.69, 9.17) is 0 Å². The van der Waals surface area contributed by atoms with Gasteiger partial charge in [-0.05, 0) is 36.0 Å². The first-order valence-corrected chi connectivity index (χ1v) is 9.56. The van der Waals surface area contributed by atoms with Crippen molar-refractivity contribution in [1.29, 1.82) is 0 Å². The van der Waals surface area contributed by atoms with Gasteiger partial charge in [-0.15, -0.1) is 0 Å². The van der Waals surface area contributed by atoms with Gasteiger partial charge in [-0.2, -0.15) is 5.10 Å². The lowest BCUT2D eigenvalue weighted by molar-refractivity contribution is -0.115. The quantitative estimate of drug-likeness (QED) is 0.661. The van der Waals surface area contributed by atoms with E-state index in [9.17, 15) is 9.59 Å². The van der Waals surface area contributed by atoms with Crippen LogP contribution in [0.1, 0.15) is 11.8 Å². The molecule has 0 unspecified atom stereocenters. The number of aliphatic imine (C=N–C) groups is 1. The van der Waals surface area contributed by atoms with Crippen LogP contribution >= 0.6 is 23.1 Å². The van der Waals surface area contributed by atoms with Crippen LogP contribution in [0.3, 0.4) is 0 Å². The number of rotatable bonds is 3. The number of benzene rings is 1. The number of anilines is 1. The molecule has 27 heavy (non-hydrogen) atoms. The van der Waals surface area contributed by atoms with Crippen molar-refractivity contribution >= 4 is 67.9 Å². The number of hydrogen-bond acceptors (Lipinski definition) is 7. The number of nitrogens with zero attached hydrogens (tertiary/aromatic N) is 4. The molecule has 1 aliphatic heterocycles. The van der Waals surface area contributed by atoms with Crippen LogP contribution in [0.5, 0.6) is 0 Å². The maximum atomic E-state index is 12.2. The summed E-state index contributed by atoms with van der Waals surface area (Å²) in [5.74, 6) is -0.397. The number of thiazole rings is 1. The minimum absolute atomic E-state index is 0.184. The molecule has 2 N–H and O–H groups in total. The van der Waals surface area contributed by atoms with E-state index in [1.54, 1.807) is 23.2 Å². The maximum Gasteiger partial charge on any atom is 0.264 e. The molecule has 0 atom stereocenters. The number of nitrogens with one attached hydrogen (secondary N) is 2. The van der Waals surface area contributed by atoms with E-state index in [0.29, 0.717) is 15.2 Å². The highest BCUT2D eigenvalue weighted by atomic mass is 32.2. The Bertz CT molecular complexity index is 1130. The van der Waals surface area contributed by atoms with Crippen molar-refractivity contribution < 1.29 is 9.59 Å². The van der Waals surface area contributed by atoms with Crippen LogP contribution in [0.25, 0.3) is 17.0 Å². The molecule has 3 aromatic rings. The van der Waals surface area contributed by atoms with Crippen LogP contribution in [0.15, 0.2) is 40.5 Å². The third-order valence-electron chi connectivity index (χ3n) is 3.69. The Labute approximate surface area is 162 Å². The van der Waals surface area contributed by atoms with Crippen molar-refractivity contribution in [2.24, 2.45) is 12.0 Å². The van der Waals surface area contributed by atoms with Crippen molar-refractivity contribution in [1.82, 2.24) is 20.1 Å². The largest absolute Gasteiger partial charge is 0.302 e. The molecule has 1 aromatic carbocycles. The topological polar surface area (TPSA) is 101 Å². The molecular weight excluding hydrogens is 384 g/mol. The molecular formula is C17H14N6O2S2. The number of amidine groups is 1. The lowest BCUT2D eigenvalue weighted by atomic mass is 10.2. The van der Waals surface area contributed by atoms with Gasteiger partial charge in [0.2, 0.25) is 5.91 Å². The summed E-state index contributed by atoms with van der Waals surface area (Å²) in [6.07, 6.45) is 5.14. The minimum atomic E-state index is -0.213. The molecule has 136 valence electrons. The lowest BCUT2D eigenvalue weighted by Gasteiger charge is -1.98. The highest BCUT2D eigenvalue weighted by molar-refractivity contribution is 8.18. The Kier molecular flexibility index (Phi) is 4.50. The van der Waals surface area contributed by atoms with Gasteiger partial charge in [0.05, 0.1) is 27.2 Å². The Morgan fingerprint density at radius 2 is 2.22 bits per heavy atom. The molecule has 1 fully saturated rings. The number of aryl methyl sites for hydroxylation is 1. The second kappa shape index (κ2) is 6.97. The summed E-state index contributed by atoms with van der Waals surface area (Å²) in [7, 11) is 1.87. The minimum Gasteiger partial charge on any atom is -0.302 e. The fourth-order valence-electron chi connectivity index (χ4n) is 2.49. The van der Waals surface area contributed by atoms with Crippen LogP contribution < -0.4 is 10.6 Å². The van der Waals surface area contributed by atoms with Gasteiger partial charge in [-0.1, -0.05) is 11.3 Å². The Hall–Kier alpha value is -2.98. The molecule has 0 bridgehead atoms. The Balaban J connectivity index is 1.55. The SMILES string of the molecule is CC(=O)Nc1ncc(C=C2SC(=Nc3ccc4cnn(C)c4c3)NC2=O)s1. The van der Waals surface area contributed by atoms with E-state index in [0.717, 1.165) is 21.5 Å². The summed E-state index contributed by atoms with van der Waals surface area (Å²) >= 11 is 2.56. The fraction of sp³-hybridized carbons (Fsp3) is 0.118. The maximum absolute atomic E-state index is 12.2. The first-order valence-electron chi connectivity index (χ1n) is 7.93. The molecule has 8 nitrogen and oxygen atoms in total. The van der Waals surface area contributed by atoms with Crippen molar-refractivity contribution in [2.75, 3.05) is 5.32 Å². The zero-order chi connectivity index (χ0) is 19.0. The van der Waals surface area contributed by atoms with Gasteiger partial charge >= 0.3 is 0 Å². The number of thioether (sulfide) groups is 1. The smallest absolute Gasteiger partial charge is 0.264 e. The van der Waals surface area contributed by atoms with E-state index in [1.165, 1.54) is 30.0 Å². The number of amides is 2. The third kappa shape index (κ3) is 3.76. The van der Waals surface area contributed by atoms with Crippen LogP contribution in [-0.2, 0) is 16.6 Å². The standard InChI is InChI=1S/C17H14N6O2S2/c1-9(24)20-16-18-8-12(26-16)6-14-15(25)22-17(27-14)21-11-4-3-10-7-19-23(2)13(10)5-11/h3-8H,1-2H3,(H,18,20,24)(H,21,22,25). The zero-order valence-corrected chi connectivity index (χ0v) is 16.0. The summed E-state index contributed by atoms with van der Waals surface area (Å²) < 4.78 is 1.78. The van der Waals surface area contributed by atoms with Gasteiger partial charge in [0.1, 0.15) is 0 Å². The summed E-state index contributed by atoms with van der Waals surface area (Å²) in [5, 5.41) is 11.6.